The number of carboxylic acids is 1. The second-order valence-electron chi connectivity index (χ2n) is 12.1. The molecule has 0 radical (unpaired) electrons. The maximum absolute atomic E-state index is 12.0. The van der Waals surface area contributed by atoms with Crippen LogP contribution in [0.2, 0.25) is 25.1 Å². The van der Waals surface area contributed by atoms with Crippen LogP contribution in [0.4, 0.5) is 0 Å². The van der Waals surface area contributed by atoms with Crippen LogP contribution >= 0.6 is 116 Å². The highest BCUT2D eigenvalue weighted by Gasteiger charge is 2.65. The van der Waals surface area contributed by atoms with Gasteiger partial charge in [0.1, 0.15) is 10.0 Å². The van der Waals surface area contributed by atoms with Gasteiger partial charge >= 0.3 is 11.9 Å². The molecule has 1 atom stereocenters. The molecule has 2 aromatic rings. The summed E-state index contributed by atoms with van der Waals surface area (Å²) in [5.41, 5.74) is 0.225. The van der Waals surface area contributed by atoms with Crippen molar-refractivity contribution in [3.63, 3.8) is 0 Å². The summed E-state index contributed by atoms with van der Waals surface area (Å²) in [7, 11) is 0. The third-order valence-electron chi connectivity index (χ3n) is 8.07. The van der Waals surface area contributed by atoms with E-state index < -0.39 is 25.5 Å². The van der Waals surface area contributed by atoms with E-state index in [2.05, 4.69) is 13.8 Å². The van der Waals surface area contributed by atoms with Gasteiger partial charge < -0.3 is 9.84 Å². The van der Waals surface area contributed by atoms with E-state index in [1.807, 2.05) is 0 Å². The highest BCUT2D eigenvalue weighted by atomic mass is 35.5. The van der Waals surface area contributed by atoms with Crippen LogP contribution in [0.5, 0.6) is 5.75 Å². The van der Waals surface area contributed by atoms with Crippen LogP contribution in [-0.2, 0) is 14.5 Å². The van der Waals surface area contributed by atoms with Crippen molar-refractivity contribution >= 4 is 128 Å². The van der Waals surface area contributed by atoms with Crippen molar-refractivity contribution in [3.05, 3.63) is 61.0 Å². The van der Waals surface area contributed by atoms with Crippen molar-refractivity contribution in [1.29, 1.82) is 0 Å². The van der Waals surface area contributed by atoms with Crippen molar-refractivity contribution in [2.24, 2.45) is 0 Å². The van der Waals surface area contributed by atoms with E-state index in [0.29, 0.717) is 12.8 Å². The molecule has 0 spiro atoms. The van der Waals surface area contributed by atoms with Gasteiger partial charge in [0.2, 0.25) is 4.87 Å². The first-order chi connectivity index (χ1) is 23.5. The molecule has 0 aromatic heterocycles. The normalized spacial score (nSPS) is 13.0. The van der Waals surface area contributed by atoms with Gasteiger partial charge in [-0.1, -0.05) is 250 Å². The van der Waals surface area contributed by atoms with E-state index in [0.717, 1.165) is 44.9 Å². The molecule has 2 aromatic carbocycles. The lowest BCUT2D eigenvalue weighted by atomic mass is 9.90. The number of ether oxygens (including phenoxy) is 1. The number of alkyl halides is 5. The summed E-state index contributed by atoms with van der Waals surface area (Å²) in [4.78, 5) is 21.7. The first-order valence-electron chi connectivity index (χ1n) is 17.0. The van der Waals surface area contributed by atoms with Crippen LogP contribution in [0.1, 0.15) is 129 Å². The Balaban J connectivity index is 0.000000500. The van der Waals surface area contributed by atoms with Crippen LogP contribution in [0.15, 0.2) is 30.3 Å². The minimum absolute atomic E-state index is 0.0125. The van der Waals surface area contributed by atoms with Crippen LogP contribution in [0, 0.1) is 0 Å². The molecule has 50 heavy (non-hydrogen) atoms. The van der Waals surface area contributed by atoms with Gasteiger partial charge in [0.25, 0.3) is 0 Å². The Morgan fingerprint density at radius 1 is 0.600 bits per heavy atom. The number of carbonyl (C=O) groups excluding carboxylic acids is 1. The molecule has 14 heteroatoms. The fourth-order valence-electron chi connectivity index (χ4n) is 5.06. The number of hydrogen-bond donors (Lipinski definition) is 1. The number of carbonyl (C=O) groups is 2. The SMILES string of the molecule is CCCCCCCCC(Cl)(Cl)C(Cl)(Cl)C(Cl)(C(=O)O)c1ccccc1.CCCCCCCCCCCC(=O)Oc1c(Cl)c(Cl)c(Cl)c(Cl)c1Cl. The van der Waals surface area contributed by atoms with Gasteiger partial charge in [-0.05, 0) is 18.4 Å². The molecule has 1 N–H and O–H groups in total. The number of halogens is 10. The maximum atomic E-state index is 12.0. The molecule has 2 rings (SSSR count). The minimum atomic E-state index is -2.18. The molecular formula is C36H46Cl10O4. The molecule has 0 aliphatic heterocycles. The summed E-state index contributed by atoms with van der Waals surface area (Å²) >= 11 is 61.9. The summed E-state index contributed by atoms with van der Waals surface area (Å²) in [5.74, 6) is -1.86. The van der Waals surface area contributed by atoms with Gasteiger partial charge in [0.15, 0.2) is 14.4 Å². The zero-order valence-corrected chi connectivity index (χ0v) is 35.9. The van der Waals surface area contributed by atoms with E-state index in [4.69, 9.17) is 121 Å². The third-order valence-corrected chi connectivity index (χ3v) is 13.7. The highest BCUT2D eigenvalue weighted by molar-refractivity contribution is 6.66. The Morgan fingerprint density at radius 3 is 1.44 bits per heavy atom. The Kier molecular flexibility index (Phi) is 23.8. The number of rotatable bonds is 22. The van der Waals surface area contributed by atoms with Gasteiger partial charge in [-0.3, -0.25) is 4.79 Å². The summed E-state index contributed by atoms with van der Waals surface area (Å²) in [6, 6.07) is 8.11. The van der Waals surface area contributed by atoms with Crippen molar-refractivity contribution in [1.82, 2.24) is 0 Å². The lowest BCUT2D eigenvalue weighted by Crippen LogP contribution is -2.55. The molecule has 1 unspecified atom stereocenters. The smallest absolute Gasteiger partial charge is 0.332 e. The predicted molar refractivity (Wildman–Crippen MR) is 217 cm³/mol. The predicted octanol–water partition coefficient (Wildman–Crippen LogP) is 16.1. The Morgan fingerprint density at radius 2 is 1.00 bits per heavy atom. The van der Waals surface area contributed by atoms with Crippen LogP contribution < -0.4 is 4.74 Å². The van der Waals surface area contributed by atoms with E-state index in [1.54, 1.807) is 18.2 Å². The summed E-state index contributed by atoms with van der Waals surface area (Å²) in [6.45, 7) is 4.36. The largest absolute Gasteiger partial charge is 0.480 e. The number of carboxylic acid groups (broad SMARTS) is 1. The second-order valence-corrected chi connectivity index (χ2v) is 17.3. The number of unbranched alkanes of at least 4 members (excludes halogenated alkanes) is 13. The Bertz CT molecular complexity index is 1290. The number of aliphatic carboxylic acids is 1. The topological polar surface area (TPSA) is 63.6 Å². The maximum Gasteiger partial charge on any atom is 0.332 e. The number of esters is 1. The molecule has 0 bridgehead atoms. The first-order valence-corrected chi connectivity index (χ1v) is 20.7. The van der Waals surface area contributed by atoms with Crippen molar-refractivity contribution in [3.8, 4) is 5.75 Å². The first kappa shape index (κ1) is 48.3. The minimum Gasteiger partial charge on any atom is -0.480 e. The van der Waals surface area contributed by atoms with Gasteiger partial charge in [-0.2, -0.15) is 0 Å². The molecule has 0 heterocycles. The Labute approximate surface area is 348 Å². The molecule has 284 valence electrons. The molecule has 0 fully saturated rings. The molecule has 0 aliphatic carbocycles. The molecule has 0 amide bonds. The molecule has 0 saturated heterocycles. The van der Waals surface area contributed by atoms with Crippen molar-refractivity contribution < 1.29 is 19.4 Å². The monoisotopic (exact) mass is 892 g/mol. The van der Waals surface area contributed by atoms with Gasteiger partial charge in [-0.15, -0.1) is 0 Å². The standard InChI is InChI=1S/2C18H23Cl5O2/c1-2-3-4-5-6-10-13-16(19,20)18(22,23)17(21,15(24)25)14-11-8-7-9-12-14;1-2-3-4-5-6-7-8-9-10-11-12(24)25-18-16(22)14(20)13(19)15(21)17(18)23/h7-9,11-12H,2-6,10,13H2,1H3,(H,24,25);2-11H2,1H3. The fourth-order valence-corrected chi connectivity index (χ4v) is 7.76. The quantitative estimate of drug-likeness (QED) is 0.0319. The van der Waals surface area contributed by atoms with E-state index in [9.17, 15) is 14.7 Å². The lowest BCUT2D eigenvalue weighted by molar-refractivity contribution is -0.141. The van der Waals surface area contributed by atoms with Gasteiger partial charge in [-0.25, -0.2) is 4.79 Å². The zero-order valence-electron chi connectivity index (χ0n) is 28.4. The average Bonchev–Trinajstić information content (AvgIpc) is 3.09. The molecular weight excluding hydrogens is 851 g/mol. The van der Waals surface area contributed by atoms with Crippen molar-refractivity contribution in [2.75, 3.05) is 0 Å². The summed E-state index contributed by atoms with van der Waals surface area (Å²) in [6.07, 6.45) is 17.2. The molecule has 0 aliphatic rings. The summed E-state index contributed by atoms with van der Waals surface area (Å²) in [5, 5.41) is 9.78. The van der Waals surface area contributed by atoms with Crippen LogP contribution in [-0.4, -0.2) is 25.7 Å². The lowest BCUT2D eigenvalue weighted by Gasteiger charge is -2.42. The van der Waals surface area contributed by atoms with Crippen LogP contribution in [0.3, 0.4) is 0 Å². The molecule has 0 saturated carbocycles. The average molecular weight is 897 g/mol. The summed E-state index contributed by atoms with van der Waals surface area (Å²) < 4.78 is 1.37. The second kappa shape index (κ2) is 24.6. The van der Waals surface area contributed by atoms with Crippen molar-refractivity contribution in [2.45, 2.75) is 137 Å². The zero-order chi connectivity index (χ0) is 38.0. The van der Waals surface area contributed by atoms with E-state index in [-0.39, 0.29) is 42.8 Å². The number of hydrogen-bond acceptors (Lipinski definition) is 3. The highest BCUT2D eigenvalue weighted by Crippen LogP contribution is 2.58. The fraction of sp³-hybridized carbons (Fsp3) is 0.611. The van der Waals surface area contributed by atoms with Crippen LogP contribution in [0.25, 0.3) is 0 Å². The van der Waals surface area contributed by atoms with Gasteiger partial charge in [0, 0.05) is 6.42 Å². The Hall–Kier alpha value is 0.280. The van der Waals surface area contributed by atoms with E-state index >= 15 is 0 Å². The third kappa shape index (κ3) is 14.5. The molecule has 4 nitrogen and oxygen atoms in total. The number of benzene rings is 2. The van der Waals surface area contributed by atoms with E-state index in [1.165, 1.54) is 57.1 Å². The van der Waals surface area contributed by atoms with Gasteiger partial charge in [0.05, 0.1) is 15.1 Å².